The number of hydrogen-bond donors (Lipinski definition) is 2. The van der Waals surface area contributed by atoms with E-state index in [0.717, 1.165) is 5.69 Å². The molecule has 0 fully saturated rings. The van der Waals surface area contributed by atoms with E-state index < -0.39 is 0 Å². The molecule has 0 atom stereocenters. The van der Waals surface area contributed by atoms with Crippen molar-refractivity contribution in [1.29, 1.82) is 0 Å². The number of hydrogen-bond acceptors (Lipinski definition) is 4. The van der Waals surface area contributed by atoms with Crippen LogP contribution in [0.25, 0.3) is 22.3 Å². The summed E-state index contributed by atoms with van der Waals surface area (Å²) in [5.41, 5.74) is 4.40. The summed E-state index contributed by atoms with van der Waals surface area (Å²) in [6.07, 6.45) is 0. The molecule has 150 valence electrons. The van der Waals surface area contributed by atoms with E-state index in [9.17, 15) is 9.18 Å². The van der Waals surface area contributed by atoms with Gasteiger partial charge in [-0.1, -0.05) is 12.1 Å². The first-order valence-electron chi connectivity index (χ1n) is 9.05. The molecule has 4 rings (SSSR count). The Morgan fingerprint density at radius 2 is 1.73 bits per heavy atom. The number of halogens is 1. The minimum atomic E-state index is -0.377. The Bertz CT molecular complexity index is 1270. The fraction of sp³-hybridized carbons (Fsp3) is 0.0455. The number of nitrogens with zero attached hydrogens (tertiary/aromatic N) is 2. The Balaban J connectivity index is 1.73. The van der Waals surface area contributed by atoms with Crippen LogP contribution in [-0.2, 0) is 0 Å². The molecule has 0 bridgehead atoms. The normalized spacial score (nSPS) is 10.6. The predicted octanol–water partition coefficient (Wildman–Crippen LogP) is 4.15. The molecular weight excluding hydrogens is 403 g/mol. The number of benzene rings is 3. The first-order chi connectivity index (χ1) is 14.5. The van der Waals surface area contributed by atoms with Crippen molar-refractivity contribution in [1.82, 2.24) is 9.66 Å². The average Bonchev–Trinajstić information content (AvgIpc) is 2.77. The van der Waals surface area contributed by atoms with Gasteiger partial charge in [0.1, 0.15) is 11.6 Å². The van der Waals surface area contributed by atoms with Gasteiger partial charge in [0.25, 0.3) is 5.56 Å². The summed E-state index contributed by atoms with van der Waals surface area (Å²) in [6.45, 7) is 0. The minimum Gasteiger partial charge on any atom is -0.497 e. The lowest BCUT2D eigenvalue weighted by Gasteiger charge is -2.17. The van der Waals surface area contributed by atoms with Crippen LogP contribution < -0.4 is 21.0 Å². The van der Waals surface area contributed by atoms with Crippen LogP contribution in [0.1, 0.15) is 0 Å². The summed E-state index contributed by atoms with van der Waals surface area (Å²) in [5, 5.41) is 3.65. The van der Waals surface area contributed by atoms with E-state index in [4.69, 9.17) is 17.0 Å². The zero-order valence-corrected chi connectivity index (χ0v) is 16.7. The van der Waals surface area contributed by atoms with Crippen LogP contribution in [0.4, 0.5) is 10.1 Å². The molecule has 0 saturated carbocycles. The second-order valence-electron chi connectivity index (χ2n) is 6.39. The van der Waals surface area contributed by atoms with Crippen LogP contribution in [-0.4, -0.2) is 21.9 Å². The van der Waals surface area contributed by atoms with Crippen molar-refractivity contribution in [2.75, 3.05) is 17.9 Å². The van der Waals surface area contributed by atoms with Crippen molar-refractivity contribution >= 4 is 33.9 Å². The van der Waals surface area contributed by atoms with Gasteiger partial charge in [0.05, 0.1) is 18.0 Å². The van der Waals surface area contributed by atoms with Crippen LogP contribution in [0, 0.1) is 5.82 Å². The van der Waals surface area contributed by atoms with Crippen molar-refractivity contribution in [2.45, 2.75) is 0 Å². The van der Waals surface area contributed by atoms with E-state index in [0.29, 0.717) is 28.0 Å². The molecule has 8 heteroatoms. The highest BCUT2D eigenvalue weighted by Crippen LogP contribution is 2.19. The second kappa shape index (κ2) is 8.30. The minimum absolute atomic E-state index is 0.197. The van der Waals surface area contributed by atoms with Crippen LogP contribution in [0.5, 0.6) is 5.75 Å². The zero-order chi connectivity index (χ0) is 21.1. The monoisotopic (exact) mass is 420 g/mol. The summed E-state index contributed by atoms with van der Waals surface area (Å²) in [7, 11) is 1.59. The molecule has 0 spiro atoms. The Hall–Kier alpha value is -3.78. The third-order valence-corrected chi connectivity index (χ3v) is 4.63. The molecular formula is C22H17FN4O2S. The standard InChI is InChI=1S/C22H17FN4O2S/c1-29-17-12-10-16(11-13-17)24-22(30)26-27-20(14-6-8-15(23)9-7-14)25-19-5-3-2-4-18(19)21(27)28/h2-13H,1H3,(H2,24,26,30). The van der Waals surface area contributed by atoms with Crippen LogP contribution in [0.3, 0.4) is 0 Å². The largest absolute Gasteiger partial charge is 0.497 e. The molecule has 1 heterocycles. The molecule has 0 saturated heterocycles. The van der Waals surface area contributed by atoms with Crippen LogP contribution in [0.2, 0.25) is 0 Å². The lowest BCUT2D eigenvalue weighted by molar-refractivity contribution is 0.415. The van der Waals surface area contributed by atoms with Gasteiger partial charge in [-0.25, -0.2) is 9.37 Å². The SMILES string of the molecule is COc1ccc(NC(=S)Nn2c(-c3ccc(F)cc3)nc3ccccc3c2=O)cc1. The average molecular weight is 420 g/mol. The fourth-order valence-corrected chi connectivity index (χ4v) is 3.17. The highest BCUT2D eigenvalue weighted by molar-refractivity contribution is 7.80. The van der Waals surface area contributed by atoms with Gasteiger partial charge in [-0.3, -0.25) is 10.2 Å². The van der Waals surface area contributed by atoms with Crippen molar-refractivity contribution < 1.29 is 9.13 Å². The van der Waals surface area contributed by atoms with E-state index in [1.807, 2.05) is 0 Å². The molecule has 0 aliphatic carbocycles. The number of ether oxygens (including phenoxy) is 1. The number of aromatic nitrogens is 2. The smallest absolute Gasteiger partial charge is 0.280 e. The van der Waals surface area contributed by atoms with Crippen LogP contribution in [0.15, 0.2) is 77.6 Å². The van der Waals surface area contributed by atoms with Gasteiger partial charge in [0.15, 0.2) is 10.9 Å². The van der Waals surface area contributed by atoms with E-state index in [1.54, 1.807) is 67.8 Å². The van der Waals surface area contributed by atoms with Crippen molar-refractivity contribution in [3.05, 3.63) is 89.0 Å². The maximum Gasteiger partial charge on any atom is 0.280 e. The van der Waals surface area contributed by atoms with E-state index in [1.165, 1.54) is 16.8 Å². The predicted molar refractivity (Wildman–Crippen MR) is 120 cm³/mol. The third-order valence-electron chi connectivity index (χ3n) is 4.44. The third kappa shape index (κ3) is 3.99. The maximum absolute atomic E-state index is 13.4. The summed E-state index contributed by atoms with van der Waals surface area (Å²) in [6, 6.07) is 19.9. The fourth-order valence-electron chi connectivity index (χ4n) is 2.96. The Labute approximate surface area is 176 Å². The quantitative estimate of drug-likeness (QED) is 0.484. The summed E-state index contributed by atoms with van der Waals surface area (Å²) >= 11 is 5.39. The number of anilines is 1. The molecule has 3 aromatic carbocycles. The topological polar surface area (TPSA) is 68.2 Å². The first-order valence-corrected chi connectivity index (χ1v) is 9.46. The van der Waals surface area contributed by atoms with Gasteiger partial charge in [-0.2, -0.15) is 4.68 Å². The number of methoxy groups -OCH3 is 1. The second-order valence-corrected chi connectivity index (χ2v) is 6.80. The Morgan fingerprint density at radius 3 is 2.43 bits per heavy atom. The lowest BCUT2D eigenvalue weighted by atomic mass is 10.2. The van der Waals surface area contributed by atoms with Crippen molar-refractivity contribution in [3.8, 4) is 17.1 Å². The lowest BCUT2D eigenvalue weighted by Crippen LogP contribution is -2.37. The van der Waals surface area contributed by atoms with Gasteiger partial charge in [-0.15, -0.1) is 0 Å². The number of fused-ring (bicyclic) bond motifs is 1. The Morgan fingerprint density at radius 1 is 1.03 bits per heavy atom. The highest BCUT2D eigenvalue weighted by Gasteiger charge is 2.14. The molecule has 2 N–H and O–H groups in total. The molecule has 0 aliphatic heterocycles. The van der Waals surface area contributed by atoms with Gasteiger partial charge in [0, 0.05) is 11.3 Å². The summed E-state index contributed by atoms with van der Waals surface area (Å²) in [4.78, 5) is 17.7. The number of rotatable bonds is 4. The van der Waals surface area contributed by atoms with E-state index >= 15 is 0 Å². The summed E-state index contributed by atoms with van der Waals surface area (Å²) in [5.74, 6) is 0.656. The van der Waals surface area contributed by atoms with Gasteiger partial charge in [0.2, 0.25) is 0 Å². The summed E-state index contributed by atoms with van der Waals surface area (Å²) < 4.78 is 19.8. The van der Waals surface area contributed by atoms with Gasteiger partial charge >= 0.3 is 0 Å². The molecule has 0 amide bonds. The van der Waals surface area contributed by atoms with Gasteiger partial charge < -0.3 is 10.1 Å². The highest BCUT2D eigenvalue weighted by atomic mass is 32.1. The Kier molecular flexibility index (Phi) is 5.40. The maximum atomic E-state index is 13.4. The molecule has 1 aromatic heterocycles. The number of nitrogens with one attached hydrogen (secondary N) is 2. The molecule has 30 heavy (non-hydrogen) atoms. The van der Waals surface area contributed by atoms with Gasteiger partial charge in [-0.05, 0) is 72.9 Å². The number of para-hydroxylation sites is 1. The molecule has 6 nitrogen and oxygen atoms in total. The molecule has 4 aromatic rings. The first kappa shape index (κ1) is 19.5. The molecule has 0 aliphatic rings. The van der Waals surface area contributed by atoms with Crippen molar-refractivity contribution in [2.24, 2.45) is 0 Å². The zero-order valence-electron chi connectivity index (χ0n) is 15.9. The molecule has 0 unspecified atom stereocenters. The molecule has 0 radical (unpaired) electrons. The van der Waals surface area contributed by atoms with E-state index in [-0.39, 0.29) is 16.5 Å². The van der Waals surface area contributed by atoms with Crippen LogP contribution >= 0.6 is 12.2 Å². The van der Waals surface area contributed by atoms with E-state index in [2.05, 4.69) is 15.7 Å². The van der Waals surface area contributed by atoms with Crippen molar-refractivity contribution in [3.63, 3.8) is 0 Å². The number of thiocarbonyl (C=S) groups is 1.